The molecule has 102 valence electrons. The van der Waals surface area contributed by atoms with Gasteiger partial charge in [-0.2, -0.15) is 5.26 Å². The monoisotopic (exact) mass is 258 g/mol. The van der Waals surface area contributed by atoms with Gasteiger partial charge < -0.3 is 5.32 Å². The van der Waals surface area contributed by atoms with Crippen molar-refractivity contribution in [3.05, 3.63) is 18.1 Å². The van der Waals surface area contributed by atoms with Crippen LogP contribution >= 0.6 is 0 Å². The van der Waals surface area contributed by atoms with Crippen LogP contribution in [0.15, 0.2) is 12.4 Å². The van der Waals surface area contributed by atoms with Crippen molar-refractivity contribution in [3.63, 3.8) is 0 Å². The fraction of sp³-hybridized carbons (Fsp3) is 0.667. The van der Waals surface area contributed by atoms with E-state index in [1.807, 2.05) is 6.07 Å². The topological polar surface area (TPSA) is 61.6 Å². The van der Waals surface area contributed by atoms with Crippen LogP contribution in [0, 0.1) is 22.7 Å². The van der Waals surface area contributed by atoms with Crippen LogP contribution in [0.2, 0.25) is 0 Å². The lowest BCUT2D eigenvalue weighted by Gasteiger charge is -2.37. The van der Waals surface area contributed by atoms with Crippen LogP contribution < -0.4 is 5.32 Å². The Morgan fingerprint density at radius 3 is 2.74 bits per heavy atom. The Bertz CT molecular complexity index is 455. The minimum atomic E-state index is 0.262. The van der Waals surface area contributed by atoms with Crippen LogP contribution in [0.5, 0.6) is 0 Å². The largest absolute Gasteiger partial charge is 0.369 e. The van der Waals surface area contributed by atoms with Crippen molar-refractivity contribution in [3.8, 4) is 6.07 Å². The Morgan fingerprint density at radius 1 is 1.32 bits per heavy atom. The molecule has 4 nitrogen and oxygen atoms in total. The molecule has 1 saturated carbocycles. The average molecular weight is 258 g/mol. The smallest absolute Gasteiger partial charge is 0.145 e. The Kier molecular flexibility index (Phi) is 4.36. The zero-order valence-electron chi connectivity index (χ0n) is 11.8. The molecule has 2 rings (SSSR count). The lowest BCUT2D eigenvalue weighted by molar-refractivity contribution is 0.171. The Labute approximate surface area is 115 Å². The third-order valence-electron chi connectivity index (χ3n) is 4.22. The maximum Gasteiger partial charge on any atom is 0.145 e. The van der Waals surface area contributed by atoms with Gasteiger partial charge in [0.25, 0.3) is 0 Å². The van der Waals surface area contributed by atoms with Crippen LogP contribution in [-0.2, 0) is 0 Å². The second-order valence-corrected chi connectivity index (χ2v) is 6.08. The fourth-order valence-corrected chi connectivity index (χ4v) is 2.86. The van der Waals surface area contributed by atoms with E-state index in [1.165, 1.54) is 38.4 Å². The number of aromatic nitrogens is 2. The van der Waals surface area contributed by atoms with Gasteiger partial charge in [-0.3, -0.25) is 0 Å². The molecule has 1 aromatic heterocycles. The van der Waals surface area contributed by atoms with Gasteiger partial charge in [0.1, 0.15) is 23.9 Å². The van der Waals surface area contributed by atoms with Gasteiger partial charge >= 0.3 is 0 Å². The first-order valence-electron chi connectivity index (χ1n) is 7.08. The van der Waals surface area contributed by atoms with Crippen LogP contribution in [0.25, 0.3) is 0 Å². The van der Waals surface area contributed by atoms with Crippen molar-refractivity contribution in [1.29, 1.82) is 5.26 Å². The molecule has 1 aromatic rings. The SMILES string of the molecule is CC(C)(CNc1cc(C#N)ncn1)C1CCCCC1. The highest BCUT2D eigenvalue weighted by Crippen LogP contribution is 2.38. The summed E-state index contributed by atoms with van der Waals surface area (Å²) in [4.78, 5) is 8.04. The molecule has 1 aliphatic rings. The zero-order valence-corrected chi connectivity index (χ0v) is 11.8. The predicted molar refractivity (Wildman–Crippen MR) is 75.6 cm³/mol. The van der Waals surface area contributed by atoms with Gasteiger partial charge in [-0.15, -0.1) is 0 Å². The van der Waals surface area contributed by atoms with Gasteiger partial charge in [0, 0.05) is 12.6 Å². The molecule has 19 heavy (non-hydrogen) atoms. The highest BCUT2D eigenvalue weighted by molar-refractivity contribution is 5.38. The first kappa shape index (κ1) is 13.8. The molecule has 1 N–H and O–H groups in total. The molecule has 1 fully saturated rings. The third kappa shape index (κ3) is 3.66. The van der Waals surface area contributed by atoms with Gasteiger partial charge in [-0.05, 0) is 24.2 Å². The van der Waals surface area contributed by atoms with Crippen molar-refractivity contribution in [2.75, 3.05) is 11.9 Å². The number of nitrogens with one attached hydrogen (secondary N) is 1. The number of anilines is 1. The van der Waals surface area contributed by atoms with Crippen LogP contribution in [0.4, 0.5) is 5.82 Å². The quantitative estimate of drug-likeness (QED) is 0.899. The summed E-state index contributed by atoms with van der Waals surface area (Å²) in [7, 11) is 0. The summed E-state index contributed by atoms with van der Waals surface area (Å²) in [5.74, 6) is 1.53. The van der Waals surface area contributed by atoms with Gasteiger partial charge in [0.2, 0.25) is 0 Å². The summed E-state index contributed by atoms with van der Waals surface area (Å²) >= 11 is 0. The van der Waals surface area contributed by atoms with Crippen molar-refractivity contribution in [2.45, 2.75) is 46.0 Å². The molecule has 0 spiro atoms. The van der Waals surface area contributed by atoms with E-state index in [0.29, 0.717) is 5.69 Å². The van der Waals surface area contributed by atoms with Gasteiger partial charge in [0.15, 0.2) is 0 Å². The van der Waals surface area contributed by atoms with E-state index in [2.05, 4.69) is 29.1 Å². The minimum Gasteiger partial charge on any atom is -0.369 e. The minimum absolute atomic E-state index is 0.262. The first-order chi connectivity index (χ1) is 9.12. The van der Waals surface area contributed by atoms with E-state index >= 15 is 0 Å². The highest BCUT2D eigenvalue weighted by Gasteiger charge is 2.30. The molecule has 0 unspecified atom stereocenters. The summed E-state index contributed by atoms with van der Waals surface area (Å²) in [6, 6.07) is 3.74. The maximum absolute atomic E-state index is 8.83. The highest BCUT2D eigenvalue weighted by atomic mass is 15.0. The second-order valence-electron chi connectivity index (χ2n) is 6.08. The molecule has 1 heterocycles. The maximum atomic E-state index is 8.83. The van der Waals surface area contributed by atoms with Crippen LogP contribution in [0.3, 0.4) is 0 Å². The van der Waals surface area contributed by atoms with E-state index in [0.717, 1.165) is 18.3 Å². The molecule has 0 aliphatic heterocycles. The van der Waals surface area contributed by atoms with Crippen LogP contribution in [-0.4, -0.2) is 16.5 Å². The lowest BCUT2D eigenvalue weighted by atomic mass is 9.71. The third-order valence-corrected chi connectivity index (χ3v) is 4.22. The molecule has 0 saturated heterocycles. The van der Waals surface area contributed by atoms with Crippen molar-refractivity contribution < 1.29 is 0 Å². The van der Waals surface area contributed by atoms with Gasteiger partial charge in [0.05, 0.1) is 0 Å². The fourth-order valence-electron chi connectivity index (χ4n) is 2.86. The molecule has 0 bridgehead atoms. The van der Waals surface area contributed by atoms with Crippen molar-refractivity contribution >= 4 is 5.82 Å². The van der Waals surface area contributed by atoms with Crippen molar-refractivity contribution in [1.82, 2.24) is 9.97 Å². The number of nitrogens with zero attached hydrogens (tertiary/aromatic N) is 3. The molecule has 0 radical (unpaired) electrons. The van der Waals surface area contributed by atoms with E-state index in [-0.39, 0.29) is 5.41 Å². The van der Waals surface area contributed by atoms with Gasteiger partial charge in [-0.1, -0.05) is 33.1 Å². The van der Waals surface area contributed by atoms with Crippen LogP contribution in [0.1, 0.15) is 51.6 Å². The van der Waals surface area contributed by atoms with E-state index in [9.17, 15) is 0 Å². The summed E-state index contributed by atoms with van der Waals surface area (Å²) in [6.07, 6.45) is 8.22. The van der Waals surface area contributed by atoms with E-state index < -0.39 is 0 Å². The predicted octanol–water partition coefficient (Wildman–Crippen LogP) is 3.37. The number of hydrogen-bond acceptors (Lipinski definition) is 4. The Hall–Kier alpha value is -1.63. The first-order valence-corrected chi connectivity index (χ1v) is 7.08. The lowest BCUT2D eigenvalue weighted by Crippen LogP contribution is -2.33. The molecular formula is C15H22N4. The van der Waals surface area contributed by atoms with E-state index in [1.54, 1.807) is 6.07 Å². The molecule has 0 amide bonds. The standard InChI is InChI=1S/C15H22N4/c1-15(2,12-6-4-3-5-7-12)10-17-14-8-13(9-16)18-11-19-14/h8,11-12H,3-7,10H2,1-2H3,(H,17,18,19). The summed E-state index contributed by atoms with van der Waals surface area (Å²) in [5.41, 5.74) is 0.672. The molecule has 4 heteroatoms. The Balaban J connectivity index is 1.94. The molecular weight excluding hydrogens is 236 g/mol. The normalized spacial score (nSPS) is 16.9. The Morgan fingerprint density at radius 2 is 2.05 bits per heavy atom. The molecule has 0 atom stereocenters. The summed E-state index contributed by atoms with van der Waals surface area (Å²) in [6.45, 7) is 5.53. The van der Waals surface area contributed by atoms with Gasteiger partial charge in [-0.25, -0.2) is 9.97 Å². The summed E-state index contributed by atoms with van der Waals surface area (Å²) < 4.78 is 0. The second kappa shape index (κ2) is 6.01. The average Bonchev–Trinajstić information content (AvgIpc) is 2.46. The summed E-state index contributed by atoms with van der Waals surface area (Å²) in [5, 5.41) is 12.2. The molecule has 0 aromatic carbocycles. The van der Waals surface area contributed by atoms with E-state index in [4.69, 9.17) is 5.26 Å². The zero-order chi connectivity index (χ0) is 13.7. The number of nitriles is 1. The van der Waals surface area contributed by atoms with Crippen molar-refractivity contribution in [2.24, 2.45) is 11.3 Å². The molecule has 1 aliphatic carbocycles. The number of rotatable bonds is 4. The number of hydrogen-bond donors (Lipinski definition) is 1.